The van der Waals surface area contributed by atoms with E-state index in [0.717, 1.165) is 43.9 Å². The molecule has 0 spiro atoms. The zero-order valence-corrected chi connectivity index (χ0v) is 27.2. The molecule has 11 rings (SSSR count). The molecule has 2 nitrogen and oxygen atoms in total. The monoisotopic (exact) mass is 626 g/mol. The van der Waals surface area contributed by atoms with E-state index in [1.165, 1.54) is 66.1 Å². The number of para-hydroxylation sites is 1. The minimum Gasteiger partial charge on any atom is -0.456 e. The van der Waals surface area contributed by atoms with E-state index in [9.17, 15) is 0 Å². The van der Waals surface area contributed by atoms with Gasteiger partial charge < -0.3 is 8.83 Å². The van der Waals surface area contributed by atoms with Crippen LogP contribution in [0.25, 0.3) is 98.8 Å². The lowest BCUT2D eigenvalue weighted by molar-refractivity contribution is 0.661. The van der Waals surface area contributed by atoms with E-state index in [2.05, 4.69) is 153 Å². The van der Waals surface area contributed by atoms with Crippen LogP contribution < -0.4 is 0 Å². The lowest BCUT2D eigenvalue weighted by Crippen LogP contribution is -2.15. The lowest BCUT2D eigenvalue weighted by atomic mass is 9.80. The van der Waals surface area contributed by atoms with Crippen molar-refractivity contribution < 1.29 is 8.83 Å². The van der Waals surface area contributed by atoms with Gasteiger partial charge in [-0.2, -0.15) is 0 Å². The van der Waals surface area contributed by atoms with Crippen molar-refractivity contribution >= 4 is 65.4 Å². The van der Waals surface area contributed by atoms with Crippen LogP contribution in [0.5, 0.6) is 0 Å². The maximum absolute atomic E-state index is 6.46. The molecule has 0 fully saturated rings. The summed E-state index contributed by atoms with van der Waals surface area (Å²) in [5.74, 6) is 0. The van der Waals surface area contributed by atoms with Crippen LogP contribution in [0.4, 0.5) is 0 Å². The third kappa shape index (κ3) is 3.66. The van der Waals surface area contributed by atoms with Gasteiger partial charge in [-0.1, -0.05) is 111 Å². The van der Waals surface area contributed by atoms with Crippen LogP contribution in [0.1, 0.15) is 25.0 Å². The Bertz CT molecular complexity index is 3020. The molecule has 0 saturated carbocycles. The summed E-state index contributed by atoms with van der Waals surface area (Å²) < 4.78 is 12.9. The summed E-state index contributed by atoms with van der Waals surface area (Å²) in [7, 11) is 0. The molecule has 2 heterocycles. The second kappa shape index (κ2) is 9.49. The van der Waals surface area contributed by atoms with Gasteiger partial charge in [0.2, 0.25) is 0 Å². The molecule has 8 aromatic carbocycles. The number of hydrogen-bond acceptors (Lipinski definition) is 2. The molecule has 0 N–H and O–H groups in total. The predicted molar refractivity (Wildman–Crippen MR) is 204 cm³/mol. The predicted octanol–water partition coefficient (Wildman–Crippen LogP) is 13.4. The van der Waals surface area contributed by atoms with Crippen molar-refractivity contribution in [2.24, 2.45) is 0 Å². The van der Waals surface area contributed by atoms with Gasteiger partial charge in [-0.05, 0) is 115 Å². The maximum Gasteiger partial charge on any atom is 0.136 e. The van der Waals surface area contributed by atoms with Gasteiger partial charge >= 0.3 is 0 Å². The van der Waals surface area contributed by atoms with Gasteiger partial charge in [0.05, 0.1) is 0 Å². The normalized spacial score (nSPS) is 13.7. The fourth-order valence-corrected chi connectivity index (χ4v) is 8.67. The molecule has 10 aromatic rings. The van der Waals surface area contributed by atoms with Crippen LogP contribution in [-0.2, 0) is 5.41 Å². The van der Waals surface area contributed by atoms with Crippen LogP contribution >= 0.6 is 0 Å². The Morgan fingerprint density at radius 1 is 0.388 bits per heavy atom. The van der Waals surface area contributed by atoms with E-state index in [1.54, 1.807) is 0 Å². The van der Waals surface area contributed by atoms with E-state index in [1.807, 2.05) is 6.07 Å². The molecular formula is C47H30O2. The van der Waals surface area contributed by atoms with Crippen molar-refractivity contribution in [1.82, 2.24) is 0 Å². The first-order chi connectivity index (χ1) is 24.0. The molecule has 2 heteroatoms. The molecule has 1 aliphatic rings. The molecule has 0 saturated heterocycles. The Morgan fingerprint density at radius 3 is 1.98 bits per heavy atom. The molecular weight excluding hydrogens is 597 g/mol. The van der Waals surface area contributed by atoms with E-state index >= 15 is 0 Å². The Morgan fingerprint density at radius 2 is 1.06 bits per heavy atom. The molecule has 1 aliphatic carbocycles. The summed E-state index contributed by atoms with van der Waals surface area (Å²) in [6, 6.07) is 52.8. The number of fused-ring (bicyclic) bond motifs is 11. The molecule has 0 aliphatic heterocycles. The first kappa shape index (κ1) is 26.9. The van der Waals surface area contributed by atoms with E-state index in [0.29, 0.717) is 0 Å². The van der Waals surface area contributed by atoms with Crippen molar-refractivity contribution in [3.8, 4) is 33.4 Å². The first-order valence-electron chi connectivity index (χ1n) is 17.0. The van der Waals surface area contributed by atoms with Crippen molar-refractivity contribution in [2.45, 2.75) is 19.3 Å². The fourth-order valence-electron chi connectivity index (χ4n) is 8.67. The second-order valence-electron chi connectivity index (χ2n) is 14.1. The minimum absolute atomic E-state index is 0.143. The fraction of sp³-hybridized carbons (Fsp3) is 0.0638. The van der Waals surface area contributed by atoms with Gasteiger partial charge in [-0.3, -0.25) is 0 Å². The van der Waals surface area contributed by atoms with Gasteiger partial charge in [0.15, 0.2) is 0 Å². The zero-order chi connectivity index (χ0) is 32.4. The summed E-state index contributed by atoms with van der Waals surface area (Å²) >= 11 is 0. The van der Waals surface area contributed by atoms with Crippen molar-refractivity contribution in [1.29, 1.82) is 0 Å². The molecule has 0 amide bonds. The Hall–Kier alpha value is -6.12. The van der Waals surface area contributed by atoms with Gasteiger partial charge in [-0.15, -0.1) is 0 Å². The van der Waals surface area contributed by atoms with Gasteiger partial charge in [-0.25, -0.2) is 0 Å². The molecule has 230 valence electrons. The SMILES string of the molecule is CC1(C)c2ccccc2-c2c1cc1cc(-c3cccc4oc5cc6ccccc6cc5c34)ccc1c2-c1ccc2c(c1)oc1ccccc12. The maximum atomic E-state index is 6.46. The van der Waals surface area contributed by atoms with Gasteiger partial charge in [0.1, 0.15) is 22.3 Å². The third-order valence-electron chi connectivity index (χ3n) is 11.0. The van der Waals surface area contributed by atoms with Crippen LogP contribution in [0.3, 0.4) is 0 Å². The third-order valence-corrected chi connectivity index (χ3v) is 11.0. The van der Waals surface area contributed by atoms with Crippen molar-refractivity contribution in [2.75, 3.05) is 0 Å². The lowest BCUT2D eigenvalue weighted by Gasteiger charge is -2.23. The average Bonchev–Trinajstić information content (AvgIpc) is 3.76. The first-order valence-corrected chi connectivity index (χ1v) is 17.0. The van der Waals surface area contributed by atoms with E-state index in [4.69, 9.17) is 8.83 Å². The summed E-state index contributed by atoms with van der Waals surface area (Å²) in [5.41, 5.74) is 13.7. The summed E-state index contributed by atoms with van der Waals surface area (Å²) in [6.45, 7) is 4.73. The quantitative estimate of drug-likeness (QED) is 0.191. The highest BCUT2D eigenvalue weighted by Crippen LogP contribution is 2.55. The number of furan rings is 2. The van der Waals surface area contributed by atoms with Crippen LogP contribution in [-0.4, -0.2) is 0 Å². The smallest absolute Gasteiger partial charge is 0.136 e. The standard InChI is InChI=1S/C47H30O2/c1-47(2)38-15-7-5-13-36(38)46-39(47)24-31-22-29(32-14-9-17-41-45(32)37-23-27-10-3-4-11-28(27)25-43(37)49-41)18-20-33(31)44(46)30-19-21-35-34-12-6-8-16-40(34)48-42(35)26-30/h3-26H,1-2H3. The minimum atomic E-state index is -0.143. The van der Waals surface area contributed by atoms with Crippen molar-refractivity contribution in [3.63, 3.8) is 0 Å². The van der Waals surface area contributed by atoms with Crippen LogP contribution in [0.15, 0.2) is 154 Å². The van der Waals surface area contributed by atoms with Gasteiger partial charge in [0.25, 0.3) is 0 Å². The van der Waals surface area contributed by atoms with Crippen LogP contribution in [0, 0.1) is 0 Å². The molecule has 2 aromatic heterocycles. The number of benzene rings is 8. The van der Waals surface area contributed by atoms with Gasteiger partial charge in [0, 0.05) is 27.0 Å². The summed E-state index contributed by atoms with van der Waals surface area (Å²) in [6.07, 6.45) is 0. The molecule has 0 atom stereocenters. The van der Waals surface area contributed by atoms with E-state index < -0.39 is 0 Å². The largest absolute Gasteiger partial charge is 0.456 e. The molecule has 49 heavy (non-hydrogen) atoms. The Kier molecular flexibility index (Phi) is 5.21. The highest BCUT2D eigenvalue weighted by molar-refractivity contribution is 6.17. The highest BCUT2D eigenvalue weighted by Gasteiger charge is 2.37. The topological polar surface area (TPSA) is 26.3 Å². The summed E-state index contributed by atoms with van der Waals surface area (Å²) in [4.78, 5) is 0. The average molecular weight is 627 g/mol. The molecule has 0 unspecified atom stereocenters. The van der Waals surface area contributed by atoms with Crippen LogP contribution in [0.2, 0.25) is 0 Å². The number of hydrogen-bond donors (Lipinski definition) is 0. The van der Waals surface area contributed by atoms with Crippen molar-refractivity contribution in [3.05, 3.63) is 157 Å². The van der Waals surface area contributed by atoms with E-state index in [-0.39, 0.29) is 5.41 Å². The zero-order valence-electron chi connectivity index (χ0n) is 27.2. The highest BCUT2D eigenvalue weighted by atomic mass is 16.3. The Labute approximate surface area is 282 Å². The summed E-state index contributed by atoms with van der Waals surface area (Å²) in [5, 5.41) is 9.47. The molecule has 0 radical (unpaired) electrons. The molecule has 0 bridgehead atoms. The number of rotatable bonds is 2. The Balaban J connectivity index is 1.20. The second-order valence-corrected chi connectivity index (χ2v) is 14.1.